The predicted molar refractivity (Wildman–Crippen MR) is 78.2 cm³/mol. The number of hydrogen-bond acceptors (Lipinski definition) is 4. The van der Waals surface area contributed by atoms with Crippen LogP contribution in [0.25, 0.3) is 10.7 Å². The summed E-state index contributed by atoms with van der Waals surface area (Å²) in [5.41, 5.74) is 2.68. The molecule has 0 aliphatic heterocycles. The highest BCUT2D eigenvalue weighted by atomic mass is 32.1. The molecule has 2 aromatic rings. The summed E-state index contributed by atoms with van der Waals surface area (Å²) in [7, 11) is 4.06. The second kappa shape index (κ2) is 4.42. The van der Waals surface area contributed by atoms with Crippen LogP contribution in [0.15, 0.2) is 12.5 Å². The quantitative estimate of drug-likeness (QED) is 0.917. The average molecular weight is 276 g/mol. The molecule has 3 rings (SSSR count). The van der Waals surface area contributed by atoms with E-state index >= 15 is 0 Å². The first-order chi connectivity index (χ1) is 9.00. The van der Waals surface area contributed by atoms with Crippen molar-refractivity contribution < 1.29 is 0 Å². The molecule has 0 bridgehead atoms. The van der Waals surface area contributed by atoms with E-state index in [1.807, 2.05) is 31.2 Å². The van der Waals surface area contributed by atoms with Gasteiger partial charge in [0.1, 0.15) is 5.01 Å². The van der Waals surface area contributed by atoms with E-state index in [2.05, 4.69) is 24.1 Å². The maximum absolute atomic E-state index is 4.87. The zero-order chi connectivity index (χ0) is 13.6. The molecule has 2 heterocycles. The summed E-state index contributed by atoms with van der Waals surface area (Å²) in [6.45, 7) is 4.65. The zero-order valence-corrected chi connectivity index (χ0v) is 12.7. The van der Waals surface area contributed by atoms with E-state index in [9.17, 15) is 0 Å². The first kappa shape index (κ1) is 12.8. The van der Waals surface area contributed by atoms with E-state index < -0.39 is 0 Å². The monoisotopic (exact) mass is 276 g/mol. The fourth-order valence-corrected chi connectivity index (χ4v) is 4.08. The van der Waals surface area contributed by atoms with Crippen molar-refractivity contribution in [1.29, 1.82) is 0 Å². The Morgan fingerprint density at radius 3 is 2.89 bits per heavy atom. The van der Waals surface area contributed by atoms with Crippen LogP contribution in [0.3, 0.4) is 0 Å². The molecule has 2 aromatic heterocycles. The molecule has 1 N–H and O–H groups in total. The van der Waals surface area contributed by atoms with E-state index in [1.54, 1.807) is 11.3 Å². The molecule has 0 saturated heterocycles. The van der Waals surface area contributed by atoms with Gasteiger partial charge in [-0.05, 0) is 25.3 Å². The molecule has 0 aromatic carbocycles. The van der Waals surface area contributed by atoms with Crippen LogP contribution in [0.2, 0.25) is 0 Å². The molecule has 1 aliphatic carbocycles. The Labute approximate surface area is 117 Å². The van der Waals surface area contributed by atoms with Crippen molar-refractivity contribution in [3.05, 3.63) is 23.1 Å². The Balaban J connectivity index is 2.05. The minimum atomic E-state index is 0.318. The van der Waals surface area contributed by atoms with Gasteiger partial charge in [0.25, 0.3) is 0 Å². The number of nitrogens with one attached hydrogen (secondary N) is 1. The standard InChI is InChI=1S/C14H20N4S/c1-14(2)5-9(15-3)12-10(6-14)17-13(19-12)11-7-16-8-18(11)4/h7-9,15H,5-6H2,1-4H3. The van der Waals surface area contributed by atoms with Gasteiger partial charge in [0.05, 0.1) is 23.9 Å². The van der Waals surface area contributed by atoms with Crippen molar-refractivity contribution in [1.82, 2.24) is 19.9 Å². The van der Waals surface area contributed by atoms with Crippen LogP contribution in [0.1, 0.15) is 36.9 Å². The summed E-state index contributed by atoms with van der Waals surface area (Å²) >= 11 is 1.81. The number of aromatic nitrogens is 3. The molecule has 0 fully saturated rings. The average Bonchev–Trinajstić information content (AvgIpc) is 2.92. The summed E-state index contributed by atoms with van der Waals surface area (Å²) in [5, 5.41) is 4.52. The van der Waals surface area contributed by atoms with Crippen LogP contribution in [0, 0.1) is 5.41 Å². The molecule has 0 saturated carbocycles. The summed E-state index contributed by atoms with van der Waals surface area (Å²) in [6, 6.07) is 0.429. The number of rotatable bonds is 2. The highest BCUT2D eigenvalue weighted by Crippen LogP contribution is 2.44. The fraction of sp³-hybridized carbons (Fsp3) is 0.571. The van der Waals surface area contributed by atoms with Crippen molar-refractivity contribution >= 4 is 11.3 Å². The number of thiazole rings is 1. The SMILES string of the molecule is CNC1CC(C)(C)Cc2nc(-c3cncn3C)sc21. The summed E-state index contributed by atoms with van der Waals surface area (Å²) in [4.78, 5) is 10.5. The third kappa shape index (κ3) is 2.21. The summed E-state index contributed by atoms with van der Waals surface area (Å²) in [5.74, 6) is 0. The Morgan fingerprint density at radius 2 is 2.26 bits per heavy atom. The maximum Gasteiger partial charge on any atom is 0.142 e. The topological polar surface area (TPSA) is 42.7 Å². The Kier molecular flexibility index (Phi) is 2.98. The molecule has 1 aliphatic rings. The second-order valence-electron chi connectivity index (χ2n) is 6.11. The molecule has 1 atom stereocenters. The molecule has 4 nitrogen and oxygen atoms in total. The van der Waals surface area contributed by atoms with Crippen molar-refractivity contribution in [2.75, 3.05) is 7.05 Å². The Morgan fingerprint density at radius 1 is 1.47 bits per heavy atom. The molecule has 5 heteroatoms. The van der Waals surface area contributed by atoms with E-state index in [0.29, 0.717) is 11.5 Å². The Hall–Kier alpha value is -1.20. The third-order valence-electron chi connectivity index (χ3n) is 3.83. The lowest BCUT2D eigenvalue weighted by atomic mass is 9.76. The number of imidazole rings is 1. The molecule has 0 amide bonds. The van der Waals surface area contributed by atoms with Crippen LogP contribution in [-0.2, 0) is 13.5 Å². The van der Waals surface area contributed by atoms with Gasteiger partial charge in [-0.3, -0.25) is 0 Å². The lowest BCUT2D eigenvalue weighted by Gasteiger charge is -2.34. The molecular formula is C14H20N4S. The number of aryl methyl sites for hydroxylation is 1. The van der Waals surface area contributed by atoms with Crippen molar-refractivity contribution in [3.63, 3.8) is 0 Å². The lowest BCUT2D eigenvalue weighted by molar-refractivity contribution is 0.265. The molecule has 102 valence electrons. The molecule has 1 unspecified atom stereocenters. The van der Waals surface area contributed by atoms with Gasteiger partial charge in [0.2, 0.25) is 0 Å². The number of nitrogens with zero attached hydrogens (tertiary/aromatic N) is 3. The molecule has 0 spiro atoms. The second-order valence-corrected chi connectivity index (χ2v) is 7.14. The Bertz CT molecular complexity index is 596. The van der Waals surface area contributed by atoms with Crippen LogP contribution < -0.4 is 5.32 Å². The van der Waals surface area contributed by atoms with Gasteiger partial charge in [-0.1, -0.05) is 13.8 Å². The highest BCUT2D eigenvalue weighted by Gasteiger charge is 2.34. The van der Waals surface area contributed by atoms with Gasteiger partial charge in [0, 0.05) is 18.0 Å². The predicted octanol–water partition coefficient (Wildman–Crippen LogP) is 2.78. The van der Waals surface area contributed by atoms with Gasteiger partial charge in [-0.15, -0.1) is 11.3 Å². The highest BCUT2D eigenvalue weighted by molar-refractivity contribution is 7.15. The largest absolute Gasteiger partial charge is 0.332 e. The summed E-state index contributed by atoms with van der Waals surface area (Å²) in [6.07, 6.45) is 5.96. The zero-order valence-electron chi connectivity index (χ0n) is 11.9. The smallest absolute Gasteiger partial charge is 0.142 e. The normalized spacial score (nSPS) is 21.4. The van der Waals surface area contributed by atoms with Crippen molar-refractivity contribution in [2.45, 2.75) is 32.7 Å². The van der Waals surface area contributed by atoms with Crippen LogP contribution >= 0.6 is 11.3 Å². The van der Waals surface area contributed by atoms with Gasteiger partial charge >= 0.3 is 0 Å². The first-order valence-electron chi connectivity index (χ1n) is 6.64. The van der Waals surface area contributed by atoms with Crippen LogP contribution in [0.4, 0.5) is 0 Å². The minimum absolute atomic E-state index is 0.318. The molecular weight excluding hydrogens is 256 g/mol. The first-order valence-corrected chi connectivity index (χ1v) is 7.45. The fourth-order valence-electron chi connectivity index (χ4n) is 2.84. The third-order valence-corrected chi connectivity index (χ3v) is 5.06. The summed E-state index contributed by atoms with van der Waals surface area (Å²) < 4.78 is 2.03. The van der Waals surface area contributed by atoms with Gasteiger partial charge in [-0.25, -0.2) is 9.97 Å². The van der Waals surface area contributed by atoms with Gasteiger partial charge in [0.15, 0.2) is 0 Å². The minimum Gasteiger partial charge on any atom is -0.332 e. The van der Waals surface area contributed by atoms with Gasteiger partial charge in [-0.2, -0.15) is 0 Å². The lowest BCUT2D eigenvalue weighted by Crippen LogP contribution is -2.30. The van der Waals surface area contributed by atoms with Crippen LogP contribution in [0.5, 0.6) is 0 Å². The van der Waals surface area contributed by atoms with Crippen LogP contribution in [-0.4, -0.2) is 21.6 Å². The van der Waals surface area contributed by atoms with Crippen molar-refractivity contribution in [2.24, 2.45) is 12.5 Å². The number of hydrogen-bond donors (Lipinski definition) is 1. The van der Waals surface area contributed by atoms with E-state index in [0.717, 1.165) is 17.1 Å². The molecule has 19 heavy (non-hydrogen) atoms. The van der Waals surface area contributed by atoms with Crippen molar-refractivity contribution in [3.8, 4) is 10.7 Å². The van der Waals surface area contributed by atoms with E-state index in [4.69, 9.17) is 4.98 Å². The van der Waals surface area contributed by atoms with E-state index in [-0.39, 0.29) is 0 Å². The maximum atomic E-state index is 4.87. The van der Waals surface area contributed by atoms with E-state index in [1.165, 1.54) is 17.0 Å². The molecule has 0 radical (unpaired) electrons. The number of fused-ring (bicyclic) bond motifs is 1. The van der Waals surface area contributed by atoms with Gasteiger partial charge < -0.3 is 9.88 Å².